The molecule has 0 aromatic carbocycles. The Bertz CT molecular complexity index is 405. The molecule has 1 atom stereocenters. The van der Waals surface area contributed by atoms with Crippen molar-refractivity contribution in [3.8, 4) is 0 Å². The average Bonchev–Trinajstić information content (AvgIpc) is 2.48. The minimum Gasteiger partial charge on any atom is -0.378 e. The normalized spacial score (nSPS) is 18.8. The minimum atomic E-state index is 0.414. The molecule has 0 saturated carbocycles. The zero-order chi connectivity index (χ0) is 14.2. The quantitative estimate of drug-likeness (QED) is 0.803. The number of hydrogen-bond acceptors (Lipinski definition) is 5. The van der Waals surface area contributed by atoms with E-state index in [0.717, 1.165) is 50.0 Å². The van der Waals surface area contributed by atoms with Gasteiger partial charge in [-0.1, -0.05) is 6.92 Å². The van der Waals surface area contributed by atoms with E-state index in [-0.39, 0.29) is 0 Å². The second-order valence-corrected chi connectivity index (χ2v) is 5.14. The Balaban J connectivity index is 1.85. The summed E-state index contributed by atoms with van der Waals surface area (Å²) >= 11 is 0. The molecule has 2 N–H and O–H groups in total. The van der Waals surface area contributed by atoms with Gasteiger partial charge in [-0.05, 0) is 32.6 Å². The molecule has 1 aromatic heterocycles. The fourth-order valence-electron chi connectivity index (χ4n) is 2.41. The third-order valence-electron chi connectivity index (χ3n) is 3.49. The highest BCUT2D eigenvalue weighted by Crippen LogP contribution is 2.16. The molecule has 2 heterocycles. The Kier molecular flexibility index (Phi) is 6.05. The maximum Gasteiger partial charge on any atom is 0.132 e. The zero-order valence-electron chi connectivity index (χ0n) is 12.6. The maximum atomic E-state index is 5.74. The van der Waals surface area contributed by atoms with Gasteiger partial charge in [0.25, 0.3) is 0 Å². The van der Waals surface area contributed by atoms with Crippen molar-refractivity contribution >= 4 is 11.6 Å². The maximum absolute atomic E-state index is 5.74. The van der Waals surface area contributed by atoms with Crippen LogP contribution in [0.15, 0.2) is 6.07 Å². The van der Waals surface area contributed by atoms with Gasteiger partial charge in [0.05, 0.1) is 6.10 Å². The number of aryl methyl sites for hydroxylation is 1. The SMILES string of the molecule is CCNc1cc(NCCC2CCCCO2)nc(CC)n1. The number of nitrogens with one attached hydrogen (secondary N) is 2. The lowest BCUT2D eigenvalue weighted by atomic mass is 10.1. The predicted octanol–water partition coefficient (Wildman–Crippen LogP) is 2.84. The van der Waals surface area contributed by atoms with E-state index in [0.29, 0.717) is 6.10 Å². The number of aromatic nitrogens is 2. The van der Waals surface area contributed by atoms with Crippen LogP contribution in [-0.4, -0.2) is 35.8 Å². The first-order valence-electron chi connectivity index (χ1n) is 7.79. The predicted molar refractivity (Wildman–Crippen MR) is 82.3 cm³/mol. The summed E-state index contributed by atoms with van der Waals surface area (Å²) in [6.45, 7) is 6.83. The molecule has 2 rings (SSSR count). The third kappa shape index (κ3) is 4.63. The molecule has 0 bridgehead atoms. The largest absolute Gasteiger partial charge is 0.378 e. The van der Waals surface area contributed by atoms with Gasteiger partial charge in [0, 0.05) is 32.2 Å². The molecule has 0 spiro atoms. The standard InChI is InChI=1S/C15H26N4O/c1-3-13-18-14(16-4-2)11-15(19-13)17-9-8-12-7-5-6-10-20-12/h11-12H,3-10H2,1-2H3,(H2,16,17,18,19). The second kappa shape index (κ2) is 8.04. The summed E-state index contributed by atoms with van der Waals surface area (Å²) in [6, 6.07) is 1.98. The summed E-state index contributed by atoms with van der Waals surface area (Å²) in [6.07, 6.45) is 6.00. The van der Waals surface area contributed by atoms with Crippen LogP contribution in [0.4, 0.5) is 11.6 Å². The first-order chi connectivity index (χ1) is 9.81. The van der Waals surface area contributed by atoms with Crippen LogP contribution >= 0.6 is 0 Å². The lowest BCUT2D eigenvalue weighted by Crippen LogP contribution is -2.22. The topological polar surface area (TPSA) is 59.1 Å². The molecule has 1 aromatic rings. The fourth-order valence-corrected chi connectivity index (χ4v) is 2.41. The summed E-state index contributed by atoms with van der Waals surface area (Å²) in [5.74, 6) is 2.68. The monoisotopic (exact) mass is 278 g/mol. The van der Waals surface area contributed by atoms with Crippen molar-refractivity contribution in [2.75, 3.05) is 30.3 Å². The van der Waals surface area contributed by atoms with Gasteiger partial charge in [-0.3, -0.25) is 0 Å². The molecule has 1 saturated heterocycles. The molecule has 1 aliphatic rings. The van der Waals surface area contributed by atoms with Gasteiger partial charge in [0.2, 0.25) is 0 Å². The summed E-state index contributed by atoms with van der Waals surface area (Å²) in [7, 11) is 0. The lowest BCUT2D eigenvalue weighted by molar-refractivity contribution is 0.0134. The summed E-state index contributed by atoms with van der Waals surface area (Å²) in [5, 5.41) is 6.64. The van der Waals surface area contributed by atoms with Crippen LogP contribution in [0.2, 0.25) is 0 Å². The number of hydrogen-bond donors (Lipinski definition) is 2. The van der Waals surface area contributed by atoms with Crippen LogP contribution < -0.4 is 10.6 Å². The molecule has 0 radical (unpaired) electrons. The zero-order valence-corrected chi connectivity index (χ0v) is 12.6. The van der Waals surface area contributed by atoms with Crippen LogP contribution in [0, 0.1) is 0 Å². The smallest absolute Gasteiger partial charge is 0.132 e. The summed E-state index contributed by atoms with van der Waals surface area (Å²) in [4.78, 5) is 8.97. The number of anilines is 2. The molecule has 1 aliphatic heterocycles. The highest BCUT2D eigenvalue weighted by molar-refractivity contribution is 5.47. The lowest BCUT2D eigenvalue weighted by Gasteiger charge is -2.22. The van der Waals surface area contributed by atoms with E-state index in [4.69, 9.17) is 4.74 Å². The van der Waals surface area contributed by atoms with Crippen molar-refractivity contribution in [3.05, 3.63) is 11.9 Å². The molecular formula is C15H26N4O. The van der Waals surface area contributed by atoms with E-state index in [2.05, 4.69) is 34.4 Å². The molecule has 1 fully saturated rings. The van der Waals surface area contributed by atoms with E-state index in [1.54, 1.807) is 0 Å². The molecular weight excluding hydrogens is 252 g/mol. The Morgan fingerprint density at radius 2 is 2.00 bits per heavy atom. The fraction of sp³-hybridized carbons (Fsp3) is 0.733. The molecule has 0 aliphatic carbocycles. The van der Waals surface area contributed by atoms with Crippen molar-refractivity contribution in [2.45, 2.75) is 52.1 Å². The highest BCUT2D eigenvalue weighted by atomic mass is 16.5. The van der Waals surface area contributed by atoms with E-state index >= 15 is 0 Å². The number of nitrogens with zero attached hydrogens (tertiary/aromatic N) is 2. The molecule has 1 unspecified atom stereocenters. The average molecular weight is 278 g/mol. The van der Waals surface area contributed by atoms with E-state index in [1.165, 1.54) is 19.3 Å². The number of ether oxygens (including phenoxy) is 1. The van der Waals surface area contributed by atoms with Crippen molar-refractivity contribution in [1.29, 1.82) is 0 Å². The molecule has 5 heteroatoms. The van der Waals surface area contributed by atoms with Gasteiger partial charge in [0.1, 0.15) is 17.5 Å². The van der Waals surface area contributed by atoms with Gasteiger partial charge in [-0.25, -0.2) is 9.97 Å². The van der Waals surface area contributed by atoms with Crippen molar-refractivity contribution in [3.63, 3.8) is 0 Å². The van der Waals surface area contributed by atoms with Crippen molar-refractivity contribution in [2.24, 2.45) is 0 Å². The molecule has 0 amide bonds. The third-order valence-corrected chi connectivity index (χ3v) is 3.49. The van der Waals surface area contributed by atoms with Gasteiger partial charge >= 0.3 is 0 Å². The van der Waals surface area contributed by atoms with Crippen LogP contribution in [0.25, 0.3) is 0 Å². The van der Waals surface area contributed by atoms with Gasteiger partial charge < -0.3 is 15.4 Å². The van der Waals surface area contributed by atoms with Gasteiger partial charge in [0.15, 0.2) is 0 Å². The van der Waals surface area contributed by atoms with Crippen LogP contribution in [0.1, 0.15) is 45.4 Å². The van der Waals surface area contributed by atoms with Crippen molar-refractivity contribution in [1.82, 2.24) is 9.97 Å². The Morgan fingerprint density at radius 3 is 2.65 bits per heavy atom. The Morgan fingerprint density at radius 1 is 1.20 bits per heavy atom. The van der Waals surface area contributed by atoms with E-state index in [9.17, 15) is 0 Å². The summed E-state index contributed by atoms with van der Waals surface area (Å²) in [5.41, 5.74) is 0. The van der Waals surface area contributed by atoms with Gasteiger partial charge in [-0.2, -0.15) is 0 Å². The first-order valence-corrected chi connectivity index (χ1v) is 7.79. The first kappa shape index (κ1) is 15.0. The molecule has 112 valence electrons. The van der Waals surface area contributed by atoms with Gasteiger partial charge in [-0.15, -0.1) is 0 Å². The molecule has 5 nitrogen and oxygen atoms in total. The van der Waals surface area contributed by atoms with Crippen molar-refractivity contribution < 1.29 is 4.74 Å². The molecule has 20 heavy (non-hydrogen) atoms. The van der Waals surface area contributed by atoms with Crippen LogP contribution in [0.5, 0.6) is 0 Å². The Hall–Kier alpha value is -1.36. The van der Waals surface area contributed by atoms with Crippen LogP contribution in [0.3, 0.4) is 0 Å². The summed E-state index contributed by atoms with van der Waals surface area (Å²) < 4.78 is 5.74. The van der Waals surface area contributed by atoms with E-state index < -0.39 is 0 Å². The van der Waals surface area contributed by atoms with Crippen LogP contribution in [-0.2, 0) is 11.2 Å². The van der Waals surface area contributed by atoms with E-state index in [1.807, 2.05) is 6.07 Å². The Labute approximate surface area is 121 Å². The number of rotatable bonds is 7. The highest BCUT2D eigenvalue weighted by Gasteiger charge is 2.13. The minimum absolute atomic E-state index is 0.414. The second-order valence-electron chi connectivity index (χ2n) is 5.14.